The summed E-state index contributed by atoms with van der Waals surface area (Å²) in [7, 11) is 0. The molecule has 0 rings (SSSR count). The average molecular weight is 853 g/mol. The maximum atomic E-state index is 12.8. The van der Waals surface area contributed by atoms with E-state index in [0.717, 1.165) is 109 Å². The molecule has 0 aliphatic rings. The van der Waals surface area contributed by atoms with Gasteiger partial charge in [0.25, 0.3) is 0 Å². The first-order valence-electron chi connectivity index (χ1n) is 23.8. The zero-order valence-corrected chi connectivity index (χ0v) is 39.1. The second-order valence-electron chi connectivity index (χ2n) is 14.9. The lowest BCUT2D eigenvalue weighted by atomic mass is 10.1. The lowest BCUT2D eigenvalue weighted by molar-refractivity contribution is -0.167. The van der Waals surface area contributed by atoms with E-state index in [2.05, 4.69) is 167 Å². The van der Waals surface area contributed by atoms with Gasteiger partial charge in [-0.3, -0.25) is 14.4 Å². The molecule has 1 unspecified atom stereocenters. The van der Waals surface area contributed by atoms with Gasteiger partial charge in [0.2, 0.25) is 0 Å². The number of unbranched alkanes of at least 4 members (excludes halogenated alkanes) is 5. The minimum absolute atomic E-state index is 0.142. The van der Waals surface area contributed by atoms with E-state index in [-0.39, 0.29) is 50.4 Å². The van der Waals surface area contributed by atoms with E-state index in [1.54, 1.807) is 0 Å². The van der Waals surface area contributed by atoms with Gasteiger partial charge in [-0.15, -0.1) is 0 Å². The van der Waals surface area contributed by atoms with Crippen molar-refractivity contribution in [3.63, 3.8) is 0 Å². The Balaban J connectivity index is 4.62. The van der Waals surface area contributed by atoms with Crippen molar-refractivity contribution in [2.45, 2.75) is 175 Å². The SMILES string of the molecule is CC/C=C\C/C=C\C/C=C\C/C=C\C/C=C\CCCC(=O)OCC(COC(=O)CCC/C=C\C/C=C\C/C=C\CC)OC(=O)CCCCC/C=C\C/C=C\C/C=C\C/C=C\CC. The first-order valence-corrected chi connectivity index (χ1v) is 23.8. The van der Waals surface area contributed by atoms with E-state index >= 15 is 0 Å². The molecule has 0 spiro atoms. The van der Waals surface area contributed by atoms with Gasteiger partial charge in [-0.2, -0.15) is 0 Å². The molecule has 0 saturated heterocycles. The second-order valence-corrected chi connectivity index (χ2v) is 14.9. The third-order valence-electron chi connectivity index (χ3n) is 9.07. The predicted octanol–water partition coefficient (Wildman–Crippen LogP) is 15.7. The van der Waals surface area contributed by atoms with Crippen molar-refractivity contribution in [3.8, 4) is 0 Å². The Kier molecular flexibility index (Phi) is 45.2. The van der Waals surface area contributed by atoms with Crippen LogP contribution >= 0.6 is 0 Å². The quantitative estimate of drug-likeness (QED) is 0.0264. The van der Waals surface area contributed by atoms with Crippen molar-refractivity contribution in [2.24, 2.45) is 0 Å². The van der Waals surface area contributed by atoms with Gasteiger partial charge in [-0.05, 0) is 122 Å². The molecule has 0 aromatic carbocycles. The fourth-order valence-electron chi connectivity index (χ4n) is 5.61. The Hall–Kier alpha value is -4.71. The van der Waals surface area contributed by atoms with Crippen LogP contribution in [-0.2, 0) is 28.6 Å². The lowest BCUT2D eigenvalue weighted by Crippen LogP contribution is -2.30. The summed E-state index contributed by atoms with van der Waals surface area (Å²) in [4.78, 5) is 37.8. The summed E-state index contributed by atoms with van der Waals surface area (Å²) in [6.45, 7) is 6.12. The Bertz CT molecular complexity index is 1440. The number of allylic oxidation sites excluding steroid dienone is 24. The van der Waals surface area contributed by atoms with Gasteiger partial charge in [0, 0.05) is 19.3 Å². The van der Waals surface area contributed by atoms with Crippen molar-refractivity contribution in [1.82, 2.24) is 0 Å². The lowest BCUT2D eigenvalue weighted by Gasteiger charge is -2.18. The molecule has 0 radical (unpaired) electrons. The standard InChI is InChI=1S/C56H84O6/c1-4-7-10-13-16-19-22-24-26-28-30-31-34-37-40-43-46-49-55(58)61-52-53(51-60-54(57)48-45-42-39-36-33-21-18-15-12-9-6-3)62-56(59)50-47-44-41-38-35-32-29-27-25-23-20-17-14-11-8-5-2/h7-12,16-21,24-27,30-32,35-37,39-40,53H,4-6,13-15,22-23,28-29,33-34,38,41-52H2,1-3H3/b10-7-,11-8-,12-9-,19-16-,20-17-,21-18-,26-24-,27-25-,31-30-,35-32-,39-36-,40-37-. The zero-order chi connectivity index (χ0) is 45.1. The molecule has 0 fully saturated rings. The number of esters is 3. The van der Waals surface area contributed by atoms with E-state index < -0.39 is 6.10 Å². The monoisotopic (exact) mass is 853 g/mol. The molecule has 0 amide bonds. The molecule has 0 N–H and O–H groups in total. The Morgan fingerprint density at radius 3 is 0.919 bits per heavy atom. The molecular formula is C56H84O6. The maximum Gasteiger partial charge on any atom is 0.306 e. The highest BCUT2D eigenvalue weighted by atomic mass is 16.6. The number of ether oxygens (including phenoxy) is 3. The molecule has 0 aliphatic carbocycles. The number of carbonyl (C=O) groups is 3. The predicted molar refractivity (Wildman–Crippen MR) is 265 cm³/mol. The van der Waals surface area contributed by atoms with E-state index in [1.165, 1.54) is 0 Å². The highest BCUT2D eigenvalue weighted by Crippen LogP contribution is 2.10. The highest BCUT2D eigenvalue weighted by Gasteiger charge is 2.19. The van der Waals surface area contributed by atoms with Gasteiger partial charge < -0.3 is 14.2 Å². The summed E-state index contributed by atoms with van der Waals surface area (Å²) < 4.78 is 16.6. The summed E-state index contributed by atoms with van der Waals surface area (Å²) >= 11 is 0. The molecule has 0 saturated carbocycles. The largest absolute Gasteiger partial charge is 0.462 e. The normalized spacial score (nSPS) is 13.4. The van der Waals surface area contributed by atoms with Crippen LogP contribution in [0.2, 0.25) is 0 Å². The van der Waals surface area contributed by atoms with Crippen molar-refractivity contribution >= 4 is 17.9 Å². The van der Waals surface area contributed by atoms with Crippen LogP contribution in [0.25, 0.3) is 0 Å². The van der Waals surface area contributed by atoms with E-state index in [0.29, 0.717) is 19.3 Å². The summed E-state index contributed by atoms with van der Waals surface area (Å²) in [6.07, 6.45) is 69.9. The summed E-state index contributed by atoms with van der Waals surface area (Å²) in [6, 6.07) is 0. The van der Waals surface area contributed by atoms with Gasteiger partial charge in [0.1, 0.15) is 13.2 Å². The van der Waals surface area contributed by atoms with Gasteiger partial charge in [0.15, 0.2) is 6.10 Å². The van der Waals surface area contributed by atoms with Crippen LogP contribution in [0.4, 0.5) is 0 Å². The zero-order valence-electron chi connectivity index (χ0n) is 39.1. The van der Waals surface area contributed by atoms with Gasteiger partial charge in [-0.25, -0.2) is 0 Å². The molecule has 0 heterocycles. The molecule has 0 aliphatic heterocycles. The Morgan fingerprint density at radius 1 is 0.323 bits per heavy atom. The summed E-state index contributed by atoms with van der Waals surface area (Å²) in [5.74, 6) is -1.10. The minimum Gasteiger partial charge on any atom is -0.462 e. The van der Waals surface area contributed by atoms with Crippen molar-refractivity contribution < 1.29 is 28.6 Å². The van der Waals surface area contributed by atoms with Crippen LogP contribution in [0, 0.1) is 0 Å². The van der Waals surface area contributed by atoms with Crippen molar-refractivity contribution in [2.75, 3.05) is 13.2 Å². The molecule has 0 bridgehead atoms. The van der Waals surface area contributed by atoms with Crippen LogP contribution in [-0.4, -0.2) is 37.2 Å². The third kappa shape index (κ3) is 46.4. The fourth-order valence-corrected chi connectivity index (χ4v) is 5.61. The van der Waals surface area contributed by atoms with Crippen LogP contribution in [0.15, 0.2) is 146 Å². The fraction of sp³-hybridized carbons (Fsp3) is 0.518. The molecule has 0 aromatic rings. The molecule has 344 valence electrons. The second kappa shape index (κ2) is 49.0. The van der Waals surface area contributed by atoms with Gasteiger partial charge in [-0.1, -0.05) is 173 Å². The van der Waals surface area contributed by atoms with Crippen LogP contribution in [0.5, 0.6) is 0 Å². The summed E-state index contributed by atoms with van der Waals surface area (Å²) in [5, 5.41) is 0. The Labute approximate surface area is 378 Å². The van der Waals surface area contributed by atoms with E-state index in [9.17, 15) is 14.4 Å². The first kappa shape index (κ1) is 57.3. The molecule has 1 atom stereocenters. The first-order chi connectivity index (χ1) is 30.5. The van der Waals surface area contributed by atoms with Crippen molar-refractivity contribution in [3.05, 3.63) is 146 Å². The molecular weight excluding hydrogens is 769 g/mol. The maximum absolute atomic E-state index is 12.8. The van der Waals surface area contributed by atoms with E-state index in [4.69, 9.17) is 14.2 Å². The van der Waals surface area contributed by atoms with Crippen molar-refractivity contribution in [1.29, 1.82) is 0 Å². The molecule has 0 aromatic heterocycles. The topological polar surface area (TPSA) is 78.9 Å². The van der Waals surface area contributed by atoms with Gasteiger partial charge >= 0.3 is 17.9 Å². The average Bonchev–Trinajstić information content (AvgIpc) is 3.27. The number of hydrogen-bond donors (Lipinski definition) is 0. The summed E-state index contributed by atoms with van der Waals surface area (Å²) in [5.41, 5.74) is 0. The van der Waals surface area contributed by atoms with Crippen LogP contribution in [0.3, 0.4) is 0 Å². The molecule has 62 heavy (non-hydrogen) atoms. The third-order valence-corrected chi connectivity index (χ3v) is 9.07. The minimum atomic E-state index is -0.843. The highest BCUT2D eigenvalue weighted by molar-refractivity contribution is 5.71. The molecule has 6 heteroatoms. The van der Waals surface area contributed by atoms with Crippen LogP contribution in [0.1, 0.15) is 168 Å². The molecule has 6 nitrogen and oxygen atoms in total. The number of rotatable bonds is 40. The number of hydrogen-bond acceptors (Lipinski definition) is 6. The Morgan fingerprint density at radius 2 is 0.597 bits per heavy atom. The number of carbonyl (C=O) groups excluding carboxylic acids is 3. The van der Waals surface area contributed by atoms with Crippen LogP contribution < -0.4 is 0 Å². The smallest absolute Gasteiger partial charge is 0.306 e. The van der Waals surface area contributed by atoms with Gasteiger partial charge in [0.05, 0.1) is 0 Å². The van der Waals surface area contributed by atoms with E-state index in [1.807, 2.05) is 0 Å².